The number of carbonyl (C=O) groups excluding carboxylic acids is 1. The van der Waals surface area contributed by atoms with Gasteiger partial charge in [-0.05, 0) is 29.7 Å². The first-order valence-electron chi connectivity index (χ1n) is 7.15. The van der Waals surface area contributed by atoms with E-state index in [4.69, 9.17) is 16.3 Å². The largest absolute Gasteiger partial charge is 0.373 e. The summed E-state index contributed by atoms with van der Waals surface area (Å²) < 4.78 is 5.72. The molecule has 3 aliphatic rings. The molecule has 0 saturated carbocycles. The Kier molecular flexibility index (Phi) is 2.98. The molecule has 1 aliphatic carbocycles. The molecule has 5 heteroatoms. The molecule has 1 unspecified atom stereocenters. The summed E-state index contributed by atoms with van der Waals surface area (Å²) >= 11 is 6.04. The van der Waals surface area contributed by atoms with Crippen LogP contribution in [-0.2, 0) is 16.0 Å². The number of nitrogens with one attached hydrogen (secondary N) is 1. The first-order valence-corrected chi connectivity index (χ1v) is 7.53. The van der Waals surface area contributed by atoms with Crippen molar-refractivity contribution in [2.45, 2.75) is 24.5 Å². The van der Waals surface area contributed by atoms with Gasteiger partial charge in [0.05, 0.1) is 24.7 Å². The molecule has 0 aromatic heterocycles. The van der Waals surface area contributed by atoms with Gasteiger partial charge in [0.2, 0.25) is 5.91 Å². The first kappa shape index (κ1) is 12.6. The van der Waals surface area contributed by atoms with E-state index < -0.39 is 0 Å². The average molecular weight is 293 g/mol. The molecule has 20 heavy (non-hydrogen) atoms. The normalized spacial score (nSPS) is 31.4. The molecule has 3 atom stereocenters. The molecule has 1 N–H and O–H groups in total. The van der Waals surface area contributed by atoms with Gasteiger partial charge in [-0.25, -0.2) is 0 Å². The van der Waals surface area contributed by atoms with E-state index in [2.05, 4.69) is 5.32 Å². The minimum atomic E-state index is -0.0111. The zero-order valence-corrected chi connectivity index (χ0v) is 11.9. The van der Waals surface area contributed by atoms with E-state index >= 15 is 0 Å². The molecule has 2 heterocycles. The highest BCUT2D eigenvalue weighted by molar-refractivity contribution is 6.30. The second-order valence-electron chi connectivity index (χ2n) is 5.77. The van der Waals surface area contributed by atoms with Gasteiger partial charge in [0.1, 0.15) is 0 Å². The lowest BCUT2D eigenvalue weighted by Crippen LogP contribution is -2.55. The van der Waals surface area contributed by atoms with Crippen LogP contribution in [0.4, 0.5) is 0 Å². The molecule has 0 radical (unpaired) electrons. The Hall–Kier alpha value is -1.10. The number of hydrogen-bond acceptors (Lipinski definition) is 3. The predicted octanol–water partition coefficient (Wildman–Crippen LogP) is 1.18. The lowest BCUT2D eigenvalue weighted by atomic mass is 9.76. The smallest absolute Gasteiger partial charge is 0.230 e. The highest BCUT2D eigenvalue weighted by Gasteiger charge is 2.43. The van der Waals surface area contributed by atoms with Crippen molar-refractivity contribution < 1.29 is 9.53 Å². The second-order valence-corrected chi connectivity index (χ2v) is 6.20. The molecule has 4 rings (SSSR count). The summed E-state index contributed by atoms with van der Waals surface area (Å²) in [5.41, 5.74) is 2.36. The standard InChI is InChI=1S/C15H17ClN2O2/c16-10-2-1-9-5-12(11(9)6-10)15(19)18-3-4-20-14-8-17-7-13(14)18/h1-2,6,12-14,17H,3-5,7-8H2/t12?,13-,14+/m0/s1. The first-order chi connectivity index (χ1) is 9.74. The molecule has 0 bridgehead atoms. The Bertz CT molecular complexity index is 563. The summed E-state index contributed by atoms with van der Waals surface area (Å²) in [6, 6.07) is 6.06. The van der Waals surface area contributed by atoms with Crippen molar-refractivity contribution in [2.75, 3.05) is 26.2 Å². The van der Waals surface area contributed by atoms with E-state index in [1.807, 2.05) is 23.1 Å². The van der Waals surface area contributed by atoms with E-state index in [0.29, 0.717) is 18.2 Å². The average Bonchev–Trinajstić information content (AvgIpc) is 2.90. The molecule has 0 spiro atoms. The third kappa shape index (κ3) is 1.86. The van der Waals surface area contributed by atoms with Gasteiger partial charge in [0.25, 0.3) is 0 Å². The molecular formula is C15H17ClN2O2. The topological polar surface area (TPSA) is 41.6 Å². The Morgan fingerprint density at radius 3 is 3.20 bits per heavy atom. The summed E-state index contributed by atoms with van der Waals surface area (Å²) in [5, 5.41) is 4.02. The van der Waals surface area contributed by atoms with Gasteiger partial charge in [-0.3, -0.25) is 4.79 Å². The molecule has 2 saturated heterocycles. The number of halogens is 1. The maximum absolute atomic E-state index is 12.8. The van der Waals surface area contributed by atoms with Gasteiger partial charge in [-0.15, -0.1) is 0 Å². The zero-order valence-electron chi connectivity index (χ0n) is 11.1. The Morgan fingerprint density at radius 1 is 1.40 bits per heavy atom. The third-order valence-electron chi connectivity index (χ3n) is 4.68. The molecule has 106 valence electrons. The molecular weight excluding hydrogens is 276 g/mol. The molecule has 1 amide bonds. The summed E-state index contributed by atoms with van der Waals surface area (Å²) in [6.45, 7) is 3.03. The molecule has 1 aromatic rings. The Morgan fingerprint density at radius 2 is 2.30 bits per heavy atom. The minimum Gasteiger partial charge on any atom is -0.373 e. The highest BCUT2D eigenvalue weighted by atomic mass is 35.5. The van der Waals surface area contributed by atoms with Gasteiger partial charge in [0.15, 0.2) is 0 Å². The van der Waals surface area contributed by atoms with Gasteiger partial charge in [-0.1, -0.05) is 17.7 Å². The zero-order chi connectivity index (χ0) is 13.7. The number of carbonyl (C=O) groups is 1. The van der Waals surface area contributed by atoms with Crippen LogP contribution in [0.2, 0.25) is 5.02 Å². The Labute approximate surface area is 123 Å². The van der Waals surface area contributed by atoms with Crippen LogP contribution in [0.5, 0.6) is 0 Å². The number of amides is 1. The van der Waals surface area contributed by atoms with E-state index in [1.54, 1.807) is 0 Å². The van der Waals surface area contributed by atoms with Crippen molar-refractivity contribution >= 4 is 17.5 Å². The van der Waals surface area contributed by atoms with E-state index in [-0.39, 0.29) is 24.0 Å². The van der Waals surface area contributed by atoms with Gasteiger partial charge < -0.3 is 15.0 Å². The number of ether oxygens (including phenoxy) is 1. The van der Waals surface area contributed by atoms with Crippen LogP contribution in [-0.4, -0.2) is 49.2 Å². The van der Waals surface area contributed by atoms with E-state index in [1.165, 1.54) is 5.56 Å². The van der Waals surface area contributed by atoms with Gasteiger partial charge in [-0.2, -0.15) is 0 Å². The molecule has 1 aromatic carbocycles. The molecule has 4 nitrogen and oxygen atoms in total. The van der Waals surface area contributed by atoms with Crippen molar-refractivity contribution in [3.63, 3.8) is 0 Å². The minimum absolute atomic E-state index is 0.0111. The number of morpholine rings is 1. The quantitative estimate of drug-likeness (QED) is 0.845. The van der Waals surface area contributed by atoms with Crippen LogP contribution in [0.3, 0.4) is 0 Å². The predicted molar refractivity (Wildman–Crippen MR) is 76.0 cm³/mol. The van der Waals surface area contributed by atoms with E-state index in [0.717, 1.165) is 25.1 Å². The fourth-order valence-electron chi connectivity index (χ4n) is 3.56. The van der Waals surface area contributed by atoms with Gasteiger partial charge in [0, 0.05) is 24.7 Å². The highest BCUT2D eigenvalue weighted by Crippen LogP contribution is 2.39. The third-order valence-corrected chi connectivity index (χ3v) is 4.92. The van der Waals surface area contributed by atoms with Crippen molar-refractivity contribution in [3.05, 3.63) is 34.3 Å². The number of nitrogens with zero attached hydrogens (tertiary/aromatic N) is 1. The van der Waals surface area contributed by atoms with Crippen LogP contribution in [0, 0.1) is 0 Å². The van der Waals surface area contributed by atoms with Crippen molar-refractivity contribution in [2.24, 2.45) is 0 Å². The molecule has 2 fully saturated rings. The fraction of sp³-hybridized carbons (Fsp3) is 0.533. The van der Waals surface area contributed by atoms with Crippen molar-refractivity contribution in [3.8, 4) is 0 Å². The van der Waals surface area contributed by atoms with Crippen LogP contribution in [0.1, 0.15) is 17.0 Å². The lowest BCUT2D eigenvalue weighted by molar-refractivity contribution is -0.145. The number of fused-ring (bicyclic) bond motifs is 2. The van der Waals surface area contributed by atoms with Crippen LogP contribution < -0.4 is 5.32 Å². The van der Waals surface area contributed by atoms with Crippen molar-refractivity contribution in [1.29, 1.82) is 0 Å². The number of hydrogen-bond donors (Lipinski definition) is 1. The summed E-state index contributed by atoms with van der Waals surface area (Å²) in [5.74, 6) is 0.227. The van der Waals surface area contributed by atoms with Crippen molar-refractivity contribution in [1.82, 2.24) is 10.2 Å². The Balaban J connectivity index is 1.56. The summed E-state index contributed by atoms with van der Waals surface area (Å²) in [7, 11) is 0. The summed E-state index contributed by atoms with van der Waals surface area (Å²) in [4.78, 5) is 14.8. The van der Waals surface area contributed by atoms with Crippen LogP contribution in [0.25, 0.3) is 0 Å². The second kappa shape index (κ2) is 4.72. The van der Waals surface area contributed by atoms with Gasteiger partial charge >= 0.3 is 0 Å². The lowest BCUT2D eigenvalue weighted by Gasteiger charge is -2.41. The van der Waals surface area contributed by atoms with Crippen LogP contribution >= 0.6 is 11.6 Å². The number of benzene rings is 1. The number of rotatable bonds is 1. The van der Waals surface area contributed by atoms with E-state index in [9.17, 15) is 4.79 Å². The molecule has 2 aliphatic heterocycles. The summed E-state index contributed by atoms with van der Waals surface area (Å²) in [6.07, 6.45) is 1.000. The maximum atomic E-state index is 12.8. The van der Waals surface area contributed by atoms with Crippen LogP contribution in [0.15, 0.2) is 18.2 Å². The fourth-order valence-corrected chi connectivity index (χ4v) is 3.74. The maximum Gasteiger partial charge on any atom is 0.230 e. The monoisotopic (exact) mass is 292 g/mol. The SMILES string of the molecule is O=C(C1Cc2ccc(Cl)cc21)N1CCO[C@@H]2CNC[C@@H]21.